The Kier molecular flexibility index (Phi) is 4.71. The van der Waals surface area contributed by atoms with Crippen molar-refractivity contribution in [3.8, 4) is 0 Å². The van der Waals surface area contributed by atoms with Crippen LogP contribution >= 0.6 is 11.3 Å². The van der Waals surface area contributed by atoms with E-state index in [0.29, 0.717) is 17.4 Å². The predicted molar refractivity (Wildman–Crippen MR) is 71.1 cm³/mol. The number of aliphatic hydroxyl groups excluding tert-OH is 1. The van der Waals surface area contributed by atoms with Crippen molar-refractivity contribution in [3.63, 3.8) is 0 Å². The molecular formula is C12H19N3O2S. The molecule has 1 aromatic heterocycles. The van der Waals surface area contributed by atoms with Crippen molar-refractivity contribution in [1.29, 1.82) is 0 Å². The summed E-state index contributed by atoms with van der Waals surface area (Å²) in [6.07, 6.45) is 2.11. The molecule has 4 N–H and O–H groups in total. The molecule has 1 aromatic rings. The maximum Gasteiger partial charge on any atom is 0.275 e. The van der Waals surface area contributed by atoms with E-state index in [2.05, 4.69) is 10.3 Å². The number of hydrazine groups is 1. The van der Waals surface area contributed by atoms with Gasteiger partial charge in [-0.05, 0) is 44.0 Å². The summed E-state index contributed by atoms with van der Waals surface area (Å²) < 4.78 is 0. The fourth-order valence-corrected chi connectivity index (χ4v) is 3.16. The van der Waals surface area contributed by atoms with Crippen LogP contribution in [0.4, 0.5) is 0 Å². The second-order valence-corrected chi connectivity index (χ2v) is 5.81. The highest BCUT2D eigenvalue weighted by Crippen LogP contribution is 2.22. The first-order valence-electron chi connectivity index (χ1n) is 6.15. The Balaban J connectivity index is 1.86. The Labute approximate surface area is 111 Å². The third-order valence-corrected chi connectivity index (χ3v) is 4.43. The summed E-state index contributed by atoms with van der Waals surface area (Å²) in [7, 11) is 0. The highest BCUT2D eigenvalue weighted by Gasteiger charge is 2.19. The van der Waals surface area contributed by atoms with Crippen LogP contribution in [-0.4, -0.2) is 35.6 Å². The molecule has 0 bridgehead atoms. The van der Waals surface area contributed by atoms with Crippen molar-refractivity contribution < 1.29 is 9.90 Å². The molecule has 1 aliphatic heterocycles. The summed E-state index contributed by atoms with van der Waals surface area (Å²) in [6, 6.07) is 3.79. The van der Waals surface area contributed by atoms with Crippen molar-refractivity contribution in [2.75, 3.05) is 19.7 Å². The van der Waals surface area contributed by atoms with Crippen LogP contribution in [-0.2, 0) is 6.54 Å². The van der Waals surface area contributed by atoms with Gasteiger partial charge in [-0.25, -0.2) is 5.84 Å². The number of nitrogens with two attached hydrogens (primary N) is 1. The number of carbonyl (C=O) groups excluding carboxylic acids is 1. The van der Waals surface area contributed by atoms with Crippen LogP contribution in [0.5, 0.6) is 0 Å². The maximum atomic E-state index is 11.3. The normalized spacial score (nSPS) is 17.9. The smallest absolute Gasteiger partial charge is 0.275 e. The first kappa shape index (κ1) is 13.5. The Hall–Kier alpha value is -0.950. The molecule has 1 aliphatic rings. The van der Waals surface area contributed by atoms with Crippen LogP contribution in [0.3, 0.4) is 0 Å². The van der Waals surface area contributed by atoms with Gasteiger partial charge in [0.15, 0.2) is 0 Å². The highest BCUT2D eigenvalue weighted by atomic mass is 32.1. The van der Waals surface area contributed by atoms with E-state index in [-0.39, 0.29) is 5.91 Å². The summed E-state index contributed by atoms with van der Waals surface area (Å²) in [5.41, 5.74) is 2.14. The summed E-state index contributed by atoms with van der Waals surface area (Å²) in [5.74, 6) is 5.33. The van der Waals surface area contributed by atoms with Gasteiger partial charge in [0.25, 0.3) is 5.91 Å². The average molecular weight is 269 g/mol. The topological polar surface area (TPSA) is 78.6 Å². The van der Waals surface area contributed by atoms with Gasteiger partial charge >= 0.3 is 0 Å². The minimum absolute atomic E-state index is 0.231. The molecule has 0 atom stereocenters. The third-order valence-electron chi connectivity index (χ3n) is 3.36. The fraction of sp³-hybridized carbons (Fsp3) is 0.583. The second-order valence-electron chi connectivity index (χ2n) is 4.64. The van der Waals surface area contributed by atoms with E-state index < -0.39 is 0 Å². The number of amides is 1. The minimum atomic E-state index is -0.231. The van der Waals surface area contributed by atoms with Crippen molar-refractivity contribution in [1.82, 2.24) is 10.3 Å². The molecule has 0 spiro atoms. The zero-order valence-electron chi connectivity index (χ0n) is 10.3. The second kappa shape index (κ2) is 6.29. The molecule has 6 heteroatoms. The highest BCUT2D eigenvalue weighted by molar-refractivity contribution is 7.14. The number of likely N-dealkylation sites (tertiary alicyclic amines) is 1. The van der Waals surface area contributed by atoms with E-state index in [4.69, 9.17) is 10.9 Å². The Bertz CT molecular complexity index is 400. The Morgan fingerprint density at radius 1 is 1.50 bits per heavy atom. The SMILES string of the molecule is NNC(=O)c1ccc(CN2CCC(CO)CC2)s1. The molecule has 1 fully saturated rings. The summed E-state index contributed by atoms with van der Waals surface area (Å²) in [5, 5.41) is 9.09. The number of nitrogen functional groups attached to an aromatic ring is 1. The van der Waals surface area contributed by atoms with Crippen LogP contribution in [0.2, 0.25) is 0 Å². The number of aliphatic hydroxyl groups is 1. The predicted octanol–water partition coefficient (Wildman–Crippen LogP) is 0.556. The maximum absolute atomic E-state index is 11.3. The van der Waals surface area contributed by atoms with Crippen LogP contribution in [0.15, 0.2) is 12.1 Å². The fourth-order valence-electron chi connectivity index (χ4n) is 2.20. The van der Waals surface area contributed by atoms with Gasteiger partial charge in [-0.15, -0.1) is 11.3 Å². The van der Waals surface area contributed by atoms with Crippen molar-refractivity contribution in [2.24, 2.45) is 11.8 Å². The molecule has 18 heavy (non-hydrogen) atoms. The van der Waals surface area contributed by atoms with E-state index in [1.807, 2.05) is 12.1 Å². The largest absolute Gasteiger partial charge is 0.396 e. The molecule has 2 rings (SSSR count). The van der Waals surface area contributed by atoms with Crippen molar-refractivity contribution in [2.45, 2.75) is 19.4 Å². The number of carbonyl (C=O) groups is 1. The molecule has 0 radical (unpaired) electrons. The molecule has 0 aromatic carbocycles. The monoisotopic (exact) mass is 269 g/mol. The van der Waals surface area contributed by atoms with E-state index in [1.165, 1.54) is 16.2 Å². The molecule has 1 saturated heterocycles. The zero-order chi connectivity index (χ0) is 13.0. The molecule has 5 nitrogen and oxygen atoms in total. The van der Waals surface area contributed by atoms with Gasteiger partial charge in [0.05, 0.1) is 4.88 Å². The summed E-state index contributed by atoms with van der Waals surface area (Å²) in [6.45, 7) is 3.21. The standard InChI is InChI=1S/C12H19N3O2S/c13-14-12(17)11-2-1-10(18-11)7-15-5-3-9(8-16)4-6-15/h1-2,9,16H,3-8,13H2,(H,14,17). The van der Waals surface area contributed by atoms with Gasteiger partial charge in [-0.1, -0.05) is 0 Å². The molecule has 0 unspecified atom stereocenters. The van der Waals surface area contributed by atoms with Crippen LogP contribution < -0.4 is 11.3 Å². The number of nitrogens with one attached hydrogen (secondary N) is 1. The molecule has 100 valence electrons. The van der Waals surface area contributed by atoms with Gasteiger partial charge in [-0.2, -0.15) is 0 Å². The van der Waals surface area contributed by atoms with Crippen LogP contribution in [0, 0.1) is 5.92 Å². The van der Waals surface area contributed by atoms with Gasteiger partial charge < -0.3 is 5.11 Å². The zero-order valence-corrected chi connectivity index (χ0v) is 11.1. The van der Waals surface area contributed by atoms with Crippen LogP contribution in [0.1, 0.15) is 27.4 Å². The summed E-state index contributed by atoms with van der Waals surface area (Å²) in [4.78, 5) is 15.5. The van der Waals surface area contributed by atoms with Gasteiger partial charge in [-0.3, -0.25) is 15.1 Å². The lowest BCUT2D eigenvalue weighted by Gasteiger charge is -2.30. The molecular weight excluding hydrogens is 250 g/mol. The quantitative estimate of drug-likeness (QED) is 0.424. The third kappa shape index (κ3) is 3.29. The van der Waals surface area contributed by atoms with Crippen LogP contribution in [0.25, 0.3) is 0 Å². The molecule has 1 amide bonds. The first-order chi connectivity index (χ1) is 8.72. The number of hydrogen-bond acceptors (Lipinski definition) is 5. The molecule has 2 heterocycles. The van der Waals surface area contributed by atoms with Gasteiger partial charge in [0.1, 0.15) is 0 Å². The Morgan fingerprint density at radius 3 is 2.83 bits per heavy atom. The number of thiophene rings is 1. The number of rotatable bonds is 4. The van der Waals surface area contributed by atoms with E-state index in [0.717, 1.165) is 32.5 Å². The lowest BCUT2D eigenvalue weighted by atomic mass is 9.98. The lowest BCUT2D eigenvalue weighted by molar-refractivity contribution is 0.0957. The van der Waals surface area contributed by atoms with E-state index >= 15 is 0 Å². The minimum Gasteiger partial charge on any atom is -0.396 e. The average Bonchev–Trinajstić information content (AvgIpc) is 2.87. The van der Waals surface area contributed by atoms with Gasteiger partial charge in [0, 0.05) is 18.0 Å². The van der Waals surface area contributed by atoms with Crippen molar-refractivity contribution in [3.05, 3.63) is 21.9 Å². The van der Waals surface area contributed by atoms with Gasteiger partial charge in [0.2, 0.25) is 0 Å². The Morgan fingerprint density at radius 2 is 2.22 bits per heavy atom. The molecule has 0 saturated carbocycles. The number of piperidine rings is 1. The first-order valence-corrected chi connectivity index (χ1v) is 6.97. The van der Waals surface area contributed by atoms with E-state index in [9.17, 15) is 4.79 Å². The molecule has 0 aliphatic carbocycles. The number of nitrogens with zero attached hydrogens (tertiary/aromatic N) is 1. The number of hydrogen-bond donors (Lipinski definition) is 3. The lowest BCUT2D eigenvalue weighted by Crippen LogP contribution is -2.34. The summed E-state index contributed by atoms with van der Waals surface area (Å²) >= 11 is 1.48. The van der Waals surface area contributed by atoms with E-state index in [1.54, 1.807) is 0 Å². The van der Waals surface area contributed by atoms with Crippen molar-refractivity contribution >= 4 is 17.2 Å².